The van der Waals surface area contributed by atoms with E-state index in [9.17, 15) is 28.8 Å². The maximum Gasteiger partial charge on any atom is 0.327 e. The summed E-state index contributed by atoms with van der Waals surface area (Å²) in [6.07, 6.45) is 1.32. The number of amides is 4. The minimum Gasteiger partial charge on any atom is -0.422 e. The highest BCUT2D eigenvalue weighted by Crippen LogP contribution is 2.51. The molecule has 0 radical (unpaired) electrons. The maximum absolute atomic E-state index is 13.7. The Labute approximate surface area is 221 Å². The third-order valence-electron chi connectivity index (χ3n) is 9.24. The van der Waals surface area contributed by atoms with Crippen LogP contribution in [0.4, 0.5) is 0 Å². The lowest BCUT2D eigenvalue weighted by Gasteiger charge is -2.42. The van der Waals surface area contributed by atoms with E-state index in [0.717, 1.165) is 32.1 Å². The number of allylic oxidation sites excluding steroid dienone is 4. The van der Waals surface area contributed by atoms with Crippen molar-refractivity contribution < 1.29 is 38.2 Å². The van der Waals surface area contributed by atoms with Crippen molar-refractivity contribution in [2.24, 2.45) is 29.1 Å². The van der Waals surface area contributed by atoms with Gasteiger partial charge in [0.05, 0.1) is 23.7 Å². The molecule has 3 saturated heterocycles. The molecular weight excluding hydrogens is 492 g/mol. The fourth-order valence-corrected chi connectivity index (χ4v) is 6.92. The summed E-state index contributed by atoms with van der Waals surface area (Å²) < 4.78 is 11.2. The van der Waals surface area contributed by atoms with Gasteiger partial charge in [-0.2, -0.15) is 0 Å². The molecule has 10 heteroatoms. The van der Waals surface area contributed by atoms with Crippen LogP contribution in [-0.4, -0.2) is 65.2 Å². The molecule has 4 atom stereocenters. The molecule has 0 unspecified atom stereocenters. The van der Waals surface area contributed by atoms with Crippen molar-refractivity contribution in [3.63, 3.8) is 0 Å². The third-order valence-corrected chi connectivity index (χ3v) is 9.24. The predicted octanol–water partition coefficient (Wildman–Crippen LogP) is 2.27. The summed E-state index contributed by atoms with van der Waals surface area (Å²) in [6.45, 7) is 6.73. The van der Waals surface area contributed by atoms with Gasteiger partial charge in [0, 0.05) is 27.9 Å². The number of hydrogen-bond acceptors (Lipinski definition) is 8. The molecule has 0 N–H and O–H groups in total. The van der Waals surface area contributed by atoms with Crippen LogP contribution in [0.25, 0.3) is 0 Å². The van der Waals surface area contributed by atoms with Gasteiger partial charge in [-0.05, 0) is 52.4 Å². The van der Waals surface area contributed by atoms with Crippen molar-refractivity contribution >= 4 is 35.6 Å². The SMILES string of the molecule is CC1=C(CC2(CC3=C(C)C[C@@H]4C(=O)N(C)C(=O)[C@@H]4C3)C(=O)OC(C)(C)OC2=O)C[C@@H]2C(=O)N(C)C(=O)[C@@H]2C1. The number of cyclic esters (lactones) is 2. The average molecular weight is 527 g/mol. The second-order valence-electron chi connectivity index (χ2n) is 12.1. The molecule has 2 aliphatic carbocycles. The van der Waals surface area contributed by atoms with Gasteiger partial charge in [-0.1, -0.05) is 22.3 Å². The highest BCUT2D eigenvalue weighted by molar-refractivity contribution is 6.06. The average Bonchev–Trinajstić information content (AvgIpc) is 3.16. The number of hydrogen-bond donors (Lipinski definition) is 0. The summed E-state index contributed by atoms with van der Waals surface area (Å²) in [5, 5.41) is 0. The van der Waals surface area contributed by atoms with E-state index >= 15 is 0 Å². The van der Waals surface area contributed by atoms with Crippen LogP contribution in [0.2, 0.25) is 0 Å². The number of fused-ring (bicyclic) bond motifs is 2. The summed E-state index contributed by atoms with van der Waals surface area (Å²) in [6, 6.07) is 0. The smallest absolute Gasteiger partial charge is 0.327 e. The highest BCUT2D eigenvalue weighted by atomic mass is 16.7. The Morgan fingerprint density at radius 1 is 0.632 bits per heavy atom. The number of ether oxygens (including phenoxy) is 2. The first-order valence-electron chi connectivity index (χ1n) is 13.1. The summed E-state index contributed by atoms with van der Waals surface area (Å²) >= 11 is 0. The molecule has 3 heterocycles. The van der Waals surface area contributed by atoms with Crippen LogP contribution in [0.5, 0.6) is 0 Å². The predicted molar refractivity (Wildman–Crippen MR) is 131 cm³/mol. The molecule has 0 spiro atoms. The quantitative estimate of drug-likeness (QED) is 0.236. The van der Waals surface area contributed by atoms with Crippen LogP contribution >= 0.6 is 0 Å². The number of carbonyl (C=O) groups is 6. The first kappa shape index (κ1) is 26.3. The minimum absolute atomic E-state index is 0.00135. The first-order valence-corrected chi connectivity index (χ1v) is 13.1. The molecule has 5 rings (SSSR count). The van der Waals surface area contributed by atoms with Crippen LogP contribution in [0.3, 0.4) is 0 Å². The van der Waals surface area contributed by atoms with E-state index < -0.39 is 46.8 Å². The zero-order valence-electron chi connectivity index (χ0n) is 22.7. The number of likely N-dealkylation sites (tertiary alicyclic amines) is 2. The van der Waals surface area contributed by atoms with Crippen molar-refractivity contribution in [3.05, 3.63) is 22.3 Å². The van der Waals surface area contributed by atoms with Gasteiger partial charge >= 0.3 is 11.9 Å². The van der Waals surface area contributed by atoms with Gasteiger partial charge in [0.25, 0.3) is 5.79 Å². The fourth-order valence-electron chi connectivity index (χ4n) is 6.92. The zero-order chi connectivity index (χ0) is 27.9. The second-order valence-corrected chi connectivity index (χ2v) is 12.1. The molecule has 0 aromatic heterocycles. The molecule has 0 aromatic carbocycles. The van der Waals surface area contributed by atoms with E-state index in [4.69, 9.17) is 9.47 Å². The van der Waals surface area contributed by atoms with Gasteiger partial charge in [0.15, 0.2) is 5.41 Å². The fraction of sp³-hybridized carbons (Fsp3) is 0.643. The number of imide groups is 2. The van der Waals surface area contributed by atoms with Gasteiger partial charge in [0.1, 0.15) is 0 Å². The van der Waals surface area contributed by atoms with E-state index in [-0.39, 0.29) is 49.3 Å². The van der Waals surface area contributed by atoms with E-state index in [1.807, 2.05) is 13.8 Å². The highest BCUT2D eigenvalue weighted by Gasteiger charge is 2.59. The van der Waals surface area contributed by atoms with Gasteiger partial charge in [-0.15, -0.1) is 0 Å². The second kappa shape index (κ2) is 8.61. The van der Waals surface area contributed by atoms with Crippen molar-refractivity contribution in [1.82, 2.24) is 9.80 Å². The lowest BCUT2D eigenvalue weighted by Crippen LogP contribution is -2.54. The number of nitrogens with zero attached hydrogens (tertiary/aromatic N) is 2. The standard InChI is InChI=1S/C28H34N2O8/c1-13-7-17-19(23(33)29(5)21(17)31)9-15(13)11-28(25(35)37-27(3,4)38-26(28)36)12-16-10-20-18(8-14(16)2)22(32)30(6)24(20)34/h17-20H,7-12H2,1-6H3/t17-,18+,19+,20-. The molecule has 4 amide bonds. The Bertz CT molecular complexity index is 1160. The normalized spacial score (nSPS) is 32.6. The van der Waals surface area contributed by atoms with E-state index in [0.29, 0.717) is 12.8 Å². The van der Waals surface area contributed by atoms with Gasteiger partial charge in [0.2, 0.25) is 23.6 Å². The van der Waals surface area contributed by atoms with E-state index in [2.05, 4.69) is 0 Å². The van der Waals surface area contributed by atoms with Crippen molar-refractivity contribution in [2.45, 2.75) is 72.0 Å². The summed E-state index contributed by atoms with van der Waals surface area (Å²) in [5.41, 5.74) is 1.60. The molecule has 10 nitrogen and oxygen atoms in total. The molecular formula is C28H34N2O8. The van der Waals surface area contributed by atoms with Crippen molar-refractivity contribution in [3.8, 4) is 0 Å². The monoisotopic (exact) mass is 526 g/mol. The Balaban J connectivity index is 1.50. The first-order chi connectivity index (χ1) is 17.7. The van der Waals surface area contributed by atoms with Crippen LogP contribution in [0.15, 0.2) is 22.3 Å². The molecule has 0 bridgehead atoms. The summed E-state index contributed by atoms with van der Waals surface area (Å²) in [5.74, 6) is -5.66. The molecule has 3 aliphatic heterocycles. The molecule has 3 fully saturated rings. The Morgan fingerprint density at radius 2 is 0.947 bits per heavy atom. The van der Waals surface area contributed by atoms with Crippen molar-refractivity contribution in [2.75, 3.05) is 14.1 Å². The molecule has 38 heavy (non-hydrogen) atoms. The van der Waals surface area contributed by atoms with Crippen LogP contribution in [0.1, 0.15) is 66.2 Å². The number of rotatable bonds is 4. The topological polar surface area (TPSA) is 127 Å². The van der Waals surface area contributed by atoms with Crippen LogP contribution < -0.4 is 0 Å². The lowest BCUT2D eigenvalue weighted by atomic mass is 9.67. The largest absolute Gasteiger partial charge is 0.422 e. The van der Waals surface area contributed by atoms with Gasteiger partial charge in [-0.25, -0.2) is 0 Å². The van der Waals surface area contributed by atoms with Crippen molar-refractivity contribution in [1.29, 1.82) is 0 Å². The molecule has 5 aliphatic rings. The van der Waals surface area contributed by atoms with Gasteiger partial charge < -0.3 is 9.47 Å². The third kappa shape index (κ3) is 3.82. The maximum atomic E-state index is 13.7. The number of carbonyl (C=O) groups excluding carboxylic acids is 6. The summed E-state index contributed by atoms with van der Waals surface area (Å²) in [4.78, 5) is 80.3. The van der Waals surface area contributed by atoms with E-state index in [1.165, 1.54) is 27.9 Å². The Morgan fingerprint density at radius 3 is 1.29 bits per heavy atom. The Hall–Kier alpha value is -3.30. The minimum atomic E-state index is -1.70. The number of esters is 2. The lowest BCUT2D eigenvalue weighted by molar-refractivity contribution is -0.251. The van der Waals surface area contributed by atoms with Gasteiger partial charge in [-0.3, -0.25) is 38.6 Å². The van der Waals surface area contributed by atoms with Crippen LogP contribution in [0, 0.1) is 29.1 Å². The van der Waals surface area contributed by atoms with Crippen LogP contribution in [-0.2, 0) is 38.2 Å². The van der Waals surface area contributed by atoms with E-state index in [1.54, 1.807) is 0 Å². The molecule has 0 saturated carbocycles. The molecule has 204 valence electrons. The molecule has 0 aromatic rings. The zero-order valence-corrected chi connectivity index (χ0v) is 22.7. The Kier molecular flexibility index (Phi) is 5.96. The summed E-state index contributed by atoms with van der Waals surface area (Å²) in [7, 11) is 2.96.